The molecule has 2 aliphatic rings. The van der Waals surface area contributed by atoms with Gasteiger partial charge in [0.05, 0.1) is 36.8 Å². The summed E-state index contributed by atoms with van der Waals surface area (Å²) < 4.78 is 7.34. The molecule has 8 nitrogen and oxygen atoms in total. The smallest absolute Gasteiger partial charge is 0.323 e. The van der Waals surface area contributed by atoms with Crippen molar-refractivity contribution < 1.29 is 9.53 Å². The second-order valence-electron chi connectivity index (χ2n) is 8.06. The lowest BCUT2D eigenvalue weighted by Gasteiger charge is -2.26. The molecule has 1 atom stereocenters. The fourth-order valence-corrected chi connectivity index (χ4v) is 4.62. The molecule has 1 unspecified atom stereocenters. The van der Waals surface area contributed by atoms with Crippen LogP contribution in [0.25, 0.3) is 11.3 Å². The van der Waals surface area contributed by atoms with E-state index in [1.165, 1.54) is 12.8 Å². The number of ether oxygens (including phenoxy) is 1. The SMILES string of the molecule is CC(C1CC1)n1cc(NC(=O)Nc2ccc(-c3csc(N4CCOCC4)n3)cc2)cn1. The Balaban J connectivity index is 1.17. The predicted octanol–water partition coefficient (Wildman–Crippen LogP) is 4.46. The molecule has 2 N–H and O–H groups in total. The van der Waals surface area contributed by atoms with Crippen LogP contribution in [0.5, 0.6) is 0 Å². The summed E-state index contributed by atoms with van der Waals surface area (Å²) in [6, 6.07) is 7.82. The number of anilines is 3. The second-order valence-corrected chi connectivity index (χ2v) is 8.89. The molecule has 3 heterocycles. The standard InChI is InChI=1S/C22H26N6O2S/c1-15(16-2-3-16)28-13-19(12-23-28)25-21(29)24-18-6-4-17(5-7-18)20-14-31-22(26-20)27-8-10-30-11-9-27/h4-7,12-16H,2-3,8-11H2,1H3,(H2,24,25,29). The number of carbonyl (C=O) groups excluding carboxylic acids is 1. The molecule has 2 amide bonds. The number of amides is 2. The number of carbonyl (C=O) groups is 1. The van der Waals surface area contributed by atoms with Crippen LogP contribution in [0, 0.1) is 5.92 Å². The van der Waals surface area contributed by atoms with Gasteiger partial charge in [-0.15, -0.1) is 11.3 Å². The number of rotatable bonds is 6. The molecule has 0 spiro atoms. The van der Waals surface area contributed by atoms with Crippen molar-refractivity contribution in [2.24, 2.45) is 5.92 Å². The monoisotopic (exact) mass is 438 g/mol. The average Bonchev–Trinajstić information content (AvgIpc) is 3.34. The maximum Gasteiger partial charge on any atom is 0.323 e. The van der Waals surface area contributed by atoms with E-state index in [9.17, 15) is 4.79 Å². The molecule has 3 aromatic rings. The van der Waals surface area contributed by atoms with Crippen molar-refractivity contribution in [1.29, 1.82) is 0 Å². The number of benzene rings is 1. The molecule has 2 aromatic heterocycles. The maximum atomic E-state index is 12.4. The van der Waals surface area contributed by atoms with Crippen molar-refractivity contribution in [2.45, 2.75) is 25.8 Å². The molecule has 5 rings (SSSR count). The van der Waals surface area contributed by atoms with Gasteiger partial charge >= 0.3 is 6.03 Å². The summed E-state index contributed by atoms with van der Waals surface area (Å²) in [5.41, 5.74) is 3.39. The van der Waals surface area contributed by atoms with Crippen molar-refractivity contribution in [1.82, 2.24) is 14.8 Å². The molecule has 2 fully saturated rings. The van der Waals surface area contributed by atoms with E-state index in [-0.39, 0.29) is 6.03 Å². The highest BCUT2D eigenvalue weighted by atomic mass is 32.1. The Bertz CT molecular complexity index is 1040. The molecular weight excluding hydrogens is 412 g/mol. The van der Waals surface area contributed by atoms with Gasteiger partial charge in [0.2, 0.25) is 0 Å². The molecule has 0 radical (unpaired) electrons. The third-order valence-corrected chi connectivity index (χ3v) is 6.69. The molecule has 1 aliphatic carbocycles. The Kier molecular flexibility index (Phi) is 5.61. The minimum atomic E-state index is -0.283. The fraction of sp³-hybridized carbons (Fsp3) is 0.409. The lowest BCUT2D eigenvalue weighted by molar-refractivity contribution is 0.122. The van der Waals surface area contributed by atoms with Gasteiger partial charge in [-0.1, -0.05) is 12.1 Å². The van der Waals surface area contributed by atoms with Gasteiger partial charge in [-0.25, -0.2) is 9.78 Å². The molecule has 1 aliphatic heterocycles. The summed E-state index contributed by atoms with van der Waals surface area (Å²) in [7, 11) is 0. The van der Waals surface area contributed by atoms with Gasteiger partial charge in [-0.3, -0.25) is 4.68 Å². The minimum Gasteiger partial charge on any atom is -0.378 e. The molecular formula is C22H26N6O2S. The third-order valence-electron chi connectivity index (χ3n) is 5.79. The molecule has 9 heteroatoms. The first-order chi connectivity index (χ1) is 15.2. The van der Waals surface area contributed by atoms with Crippen LogP contribution in [-0.4, -0.2) is 47.1 Å². The van der Waals surface area contributed by atoms with Crippen LogP contribution in [-0.2, 0) is 4.74 Å². The van der Waals surface area contributed by atoms with Crippen LogP contribution >= 0.6 is 11.3 Å². The van der Waals surface area contributed by atoms with Gasteiger partial charge in [-0.2, -0.15) is 5.10 Å². The minimum absolute atomic E-state index is 0.283. The number of urea groups is 1. The zero-order chi connectivity index (χ0) is 21.2. The van der Waals surface area contributed by atoms with Gasteiger partial charge in [0.1, 0.15) is 0 Å². The first-order valence-electron chi connectivity index (χ1n) is 10.7. The van der Waals surface area contributed by atoms with Crippen LogP contribution in [0.15, 0.2) is 42.0 Å². The van der Waals surface area contributed by atoms with Crippen molar-refractivity contribution in [3.63, 3.8) is 0 Å². The number of hydrogen-bond donors (Lipinski definition) is 2. The van der Waals surface area contributed by atoms with Gasteiger partial charge < -0.3 is 20.3 Å². The van der Waals surface area contributed by atoms with Crippen molar-refractivity contribution in [2.75, 3.05) is 41.8 Å². The predicted molar refractivity (Wildman–Crippen MR) is 123 cm³/mol. The van der Waals surface area contributed by atoms with Crippen molar-refractivity contribution in [3.05, 3.63) is 42.0 Å². The lowest BCUT2D eigenvalue weighted by Crippen LogP contribution is -2.36. The highest BCUT2D eigenvalue weighted by molar-refractivity contribution is 7.14. The Hall–Kier alpha value is -2.91. The number of nitrogens with zero attached hydrogens (tertiary/aromatic N) is 4. The molecule has 1 saturated carbocycles. The molecule has 31 heavy (non-hydrogen) atoms. The Morgan fingerprint density at radius 1 is 1.16 bits per heavy atom. The van der Waals surface area contributed by atoms with E-state index in [0.29, 0.717) is 17.6 Å². The average molecular weight is 439 g/mol. The highest BCUT2D eigenvalue weighted by Gasteiger charge is 2.29. The molecule has 0 bridgehead atoms. The molecule has 1 saturated heterocycles. The number of nitrogens with one attached hydrogen (secondary N) is 2. The summed E-state index contributed by atoms with van der Waals surface area (Å²) >= 11 is 1.65. The van der Waals surface area contributed by atoms with Gasteiger partial charge in [0.15, 0.2) is 5.13 Å². The van der Waals surface area contributed by atoms with E-state index >= 15 is 0 Å². The number of thiazole rings is 1. The van der Waals surface area contributed by atoms with Crippen LogP contribution in [0.2, 0.25) is 0 Å². The van der Waals surface area contributed by atoms with Gasteiger partial charge in [-0.05, 0) is 37.8 Å². The summed E-state index contributed by atoms with van der Waals surface area (Å²) in [6.07, 6.45) is 6.10. The normalized spacial score (nSPS) is 17.4. The van der Waals surface area contributed by atoms with Gasteiger partial charge in [0.25, 0.3) is 0 Å². The zero-order valence-electron chi connectivity index (χ0n) is 17.5. The quantitative estimate of drug-likeness (QED) is 0.594. The van der Waals surface area contributed by atoms with Crippen molar-refractivity contribution >= 4 is 33.9 Å². The Morgan fingerprint density at radius 2 is 1.90 bits per heavy atom. The van der Waals surface area contributed by atoms with Crippen LogP contribution in [0.4, 0.5) is 21.3 Å². The summed E-state index contributed by atoms with van der Waals surface area (Å²) in [4.78, 5) is 19.4. The van der Waals surface area contributed by atoms with E-state index in [0.717, 1.165) is 48.4 Å². The lowest BCUT2D eigenvalue weighted by atomic mass is 10.1. The van der Waals surface area contributed by atoms with E-state index < -0.39 is 0 Å². The topological polar surface area (TPSA) is 84.3 Å². The highest BCUT2D eigenvalue weighted by Crippen LogP contribution is 2.39. The third kappa shape index (κ3) is 4.72. The molecule has 162 valence electrons. The molecule has 1 aromatic carbocycles. The van der Waals surface area contributed by atoms with Crippen LogP contribution in [0.3, 0.4) is 0 Å². The van der Waals surface area contributed by atoms with Gasteiger partial charge in [0, 0.05) is 35.9 Å². The zero-order valence-corrected chi connectivity index (χ0v) is 18.3. The number of morpholine rings is 1. The van der Waals surface area contributed by atoms with E-state index in [2.05, 4.69) is 32.9 Å². The fourth-order valence-electron chi connectivity index (χ4n) is 3.73. The van der Waals surface area contributed by atoms with E-state index in [1.54, 1.807) is 17.5 Å². The summed E-state index contributed by atoms with van der Waals surface area (Å²) in [5, 5.41) is 13.2. The van der Waals surface area contributed by atoms with Crippen molar-refractivity contribution in [3.8, 4) is 11.3 Å². The van der Waals surface area contributed by atoms with Crippen LogP contribution in [0.1, 0.15) is 25.8 Å². The number of aromatic nitrogens is 3. The van der Waals surface area contributed by atoms with E-state index in [4.69, 9.17) is 9.72 Å². The first-order valence-corrected chi connectivity index (χ1v) is 11.5. The van der Waals surface area contributed by atoms with E-state index in [1.807, 2.05) is 35.1 Å². The van der Waals surface area contributed by atoms with Crippen LogP contribution < -0.4 is 15.5 Å². The summed E-state index contributed by atoms with van der Waals surface area (Å²) in [5.74, 6) is 0.711. The second kappa shape index (κ2) is 8.68. The maximum absolute atomic E-state index is 12.4. The Morgan fingerprint density at radius 3 is 2.65 bits per heavy atom. The Labute approximate surface area is 185 Å². The largest absolute Gasteiger partial charge is 0.378 e. The first kappa shape index (κ1) is 20.0. The summed E-state index contributed by atoms with van der Waals surface area (Å²) in [6.45, 7) is 5.42. The number of hydrogen-bond acceptors (Lipinski definition) is 6.